The maximum absolute atomic E-state index is 11.8. The molecule has 0 fully saturated rings. The number of likely N-dealkylation sites (N-methyl/N-ethyl adjacent to an activating group) is 1. The van der Waals surface area contributed by atoms with Crippen LogP contribution in [0.2, 0.25) is 0 Å². The summed E-state index contributed by atoms with van der Waals surface area (Å²) in [5.41, 5.74) is 7.19. The number of nitrogens with two attached hydrogens (primary N) is 1. The highest BCUT2D eigenvalue weighted by molar-refractivity contribution is 5.91. The average Bonchev–Trinajstić information content (AvgIpc) is 2.35. The molecule has 1 rings (SSSR count). The molecule has 0 bridgehead atoms. The lowest BCUT2D eigenvalue weighted by atomic mass is 10.2. The van der Waals surface area contributed by atoms with Crippen molar-refractivity contribution in [1.29, 1.82) is 5.26 Å². The monoisotopic (exact) mass is 243 g/mol. The number of benzene rings is 1. The molecule has 1 unspecified atom stereocenters. The molecule has 4 nitrogen and oxygen atoms in total. The number of carbonyl (C=O) groups is 1. The van der Waals surface area contributed by atoms with Crippen molar-refractivity contribution in [1.82, 2.24) is 4.90 Å². The zero-order valence-electron chi connectivity index (χ0n) is 10.6. The quantitative estimate of drug-likeness (QED) is 0.648. The van der Waals surface area contributed by atoms with E-state index in [0.29, 0.717) is 12.2 Å². The lowest BCUT2D eigenvalue weighted by Crippen LogP contribution is -2.29. The number of rotatable bonds is 4. The van der Waals surface area contributed by atoms with Crippen LogP contribution in [0.1, 0.15) is 12.5 Å². The van der Waals surface area contributed by atoms with Crippen molar-refractivity contribution >= 4 is 17.7 Å². The molecule has 0 aromatic heterocycles. The number of anilines is 1. The Morgan fingerprint density at radius 2 is 2.33 bits per heavy atom. The van der Waals surface area contributed by atoms with Crippen LogP contribution in [0.4, 0.5) is 5.69 Å². The van der Waals surface area contributed by atoms with Crippen LogP contribution in [0.25, 0.3) is 6.08 Å². The summed E-state index contributed by atoms with van der Waals surface area (Å²) in [6.45, 7) is 2.21. The Bertz CT molecular complexity index is 488. The molecule has 2 N–H and O–H groups in total. The minimum Gasteiger partial charge on any atom is -0.399 e. The highest BCUT2D eigenvalue weighted by atomic mass is 16.2. The summed E-state index contributed by atoms with van der Waals surface area (Å²) in [5.74, 6) is -0.292. The number of nitrogen functional groups attached to an aromatic ring is 1. The minimum atomic E-state index is -0.167. The smallest absolute Gasteiger partial charge is 0.246 e. The van der Waals surface area contributed by atoms with E-state index < -0.39 is 0 Å². The van der Waals surface area contributed by atoms with Crippen LogP contribution < -0.4 is 5.73 Å². The Balaban J connectivity index is 2.62. The fraction of sp³-hybridized carbons (Fsp3) is 0.286. The van der Waals surface area contributed by atoms with Crippen molar-refractivity contribution in [2.45, 2.75) is 6.92 Å². The van der Waals surface area contributed by atoms with Gasteiger partial charge in [-0.15, -0.1) is 0 Å². The molecule has 0 saturated carbocycles. The molecule has 0 aliphatic rings. The molecule has 0 saturated heterocycles. The Labute approximate surface area is 107 Å². The van der Waals surface area contributed by atoms with Gasteiger partial charge >= 0.3 is 0 Å². The third kappa shape index (κ3) is 4.30. The fourth-order valence-corrected chi connectivity index (χ4v) is 1.50. The number of hydrogen-bond acceptors (Lipinski definition) is 3. The predicted octanol–water partition coefficient (Wildman–Crippen LogP) is 1.90. The minimum absolute atomic E-state index is 0.125. The second-order valence-corrected chi connectivity index (χ2v) is 4.25. The predicted molar refractivity (Wildman–Crippen MR) is 72.3 cm³/mol. The van der Waals surface area contributed by atoms with E-state index in [1.165, 1.54) is 11.0 Å². The molecule has 1 aromatic rings. The van der Waals surface area contributed by atoms with Crippen LogP contribution in [-0.4, -0.2) is 24.4 Å². The van der Waals surface area contributed by atoms with Crippen LogP contribution >= 0.6 is 0 Å². The van der Waals surface area contributed by atoms with E-state index >= 15 is 0 Å². The number of nitriles is 1. The van der Waals surface area contributed by atoms with Gasteiger partial charge in [0.15, 0.2) is 0 Å². The molecule has 0 aliphatic carbocycles. The standard InChI is InChI=1S/C14H17N3O/c1-11(9-15)10-17(2)14(18)7-6-12-4-3-5-13(16)8-12/h3-8,11H,10,16H2,1-2H3/b7-6+. The molecule has 1 aromatic carbocycles. The summed E-state index contributed by atoms with van der Waals surface area (Å²) in [4.78, 5) is 13.3. The van der Waals surface area contributed by atoms with Gasteiger partial charge in [-0.25, -0.2) is 0 Å². The number of amides is 1. The van der Waals surface area contributed by atoms with Crippen molar-refractivity contribution in [2.75, 3.05) is 19.3 Å². The van der Waals surface area contributed by atoms with Gasteiger partial charge in [-0.1, -0.05) is 12.1 Å². The van der Waals surface area contributed by atoms with Gasteiger partial charge in [0.1, 0.15) is 0 Å². The average molecular weight is 243 g/mol. The molecule has 4 heteroatoms. The Kier molecular flexibility index (Phi) is 4.94. The van der Waals surface area contributed by atoms with Gasteiger partial charge in [0, 0.05) is 25.4 Å². The summed E-state index contributed by atoms with van der Waals surface area (Å²) in [6, 6.07) is 9.39. The topological polar surface area (TPSA) is 70.1 Å². The van der Waals surface area contributed by atoms with Crippen molar-refractivity contribution in [2.24, 2.45) is 5.92 Å². The molecule has 1 amide bonds. The molecular weight excluding hydrogens is 226 g/mol. The molecule has 1 atom stereocenters. The Hall–Kier alpha value is -2.28. The normalized spacial score (nSPS) is 12.1. The van der Waals surface area contributed by atoms with E-state index in [4.69, 9.17) is 11.0 Å². The lowest BCUT2D eigenvalue weighted by Gasteiger charge is -2.15. The maximum atomic E-state index is 11.8. The van der Waals surface area contributed by atoms with Gasteiger partial charge in [-0.05, 0) is 30.7 Å². The van der Waals surface area contributed by atoms with E-state index in [0.717, 1.165) is 5.56 Å². The molecule has 0 spiro atoms. The highest BCUT2D eigenvalue weighted by Gasteiger charge is 2.08. The van der Waals surface area contributed by atoms with Gasteiger partial charge in [0.25, 0.3) is 0 Å². The van der Waals surface area contributed by atoms with Crippen molar-refractivity contribution in [3.05, 3.63) is 35.9 Å². The third-order valence-corrected chi connectivity index (χ3v) is 2.47. The zero-order valence-corrected chi connectivity index (χ0v) is 10.6. The molecule has 0 aliphatic heterocycles. The van der Waals surface area contributed by atoms with Crippen LogP contribution in [0.5, 0.6) is 0 Å². The molecule has 94 valence electrons. The summed E-state index contributed by atoms with van der Waals surface area (Å²) >= 11 is 0. The van der Waals surface area contributed by atoms with Crippen molar-refractivity contribution < 1.29 is 4.79 Å². The highest BCUT2D eigenvalue weighted by Crippen LogP contribution is 2.08. The molecule has 0 radical (unpaired) electrons. The van der Waals surface area contributed by atoms with Crippen LogP contribution in [0, 0.1) is 17.2 Å². The summed E-state index contributed by atoms with van der Waals surface area (Å²) in [7, 11) is 1.68. The largest absolute Gasteiger partial charge is 0.399 e. The van der Waals surface area contributed by atoms with Crippen LogP contribution in [0.3, 0.4) is 0 Å². The maximum Gasteiger partial charge on any atom is 0.246 e. The van der Waals surface area contributed by atoms with Gasteiger partial charge in [0.05, 0.1) is 12.0 Å². The second kappa shape index (κ2) is 6.45. The van der Waals surface area contributed by atoms with Crippen molar-refractivity contribution in [3.63, 3.8) is 0 Å². The molecule has 18 heavy (non-hydrogen) atoms. The first-order chi connectivity index (χ1) is 8.52. The van der Waals surface area contributed by atoms with E-state index in [-0.39, 0.29) is 11.8 Å². The number of carbonyl (C=O) groups excluding carboxylic acids is 1. The van der Waals surface area contributed by atoms with Crippen LogP contribution in [0.15, 0.2) is 30.3 Å². The Morgan fingerprint density at radius 3 is 2.94 bits per heavy atom. The van der Waals surface area contributed by atoms with Gasteiger partial charge in [0.2, 0.25) is 5.91 Å². The van der Waals surface area contributed by atoms with E-state index in [1.54, 1.807) is 32.2 Å². The number of nitrogens with zero attached hydrogens (tertiary/aromatic N) is 2. The third-order valence-electron chi connectivity index (χ3n) is 2.47. The van der Waals surface area contributed by atoms with Gasteiger partial charge in [-0.3, -0.25) is 4.79 Å². The van der Waals surface area contributed by atoms with E-state index in [2.05, 4.69) is 6.07 Å². The summed E-state index contributed by atoms with van der Waals surface area (Å²) in [5, 5.41) is 8.68. The first-order valence-corrected chi connectivity index (χ1v) is 5.71. The van der Waals surface area contributed by atoms with E-state index in [9.17, 15) is 4.79 Å². The molecular formula is C14H17N3O. The lowest BCUT2D eigenvalue weighted by molar-refractivity contribution is -0.125. The first-order valence-electron chi connectivity index (χ1n) is 5.71. The SMILES string of the molecule is CC(C#N)CN(C)C(=O)/C=C/c1cccc(N)c1. The van der Waals surface area contributed by atoms with E-state index in [1.807, 2.05) is 12.1 Å². The van der Waals surface area contributed by atoms with Gasteiger partial charge in [-0.2, -0.15) is 5.26 Å². The first kappa shape index (κ1) is 13.8. The second-order valence-electron chi connectivity index (χ2n) is 4.25. The molecule has 0 heterocycles. The summed E-state index contributed by atoms with van der Waals surface area (Å²) < 4.78 is 0. The Morgan fingerprint density at radius 1 is 1.61 bits per heavy atom. The summed E-state index contributed by atoms with van der Waals surface area (Å²) in [6.07, 6.45) is 3.20. The zero-order chi connectivity index (χ0) is 13.5. The fourth-order valence-electron chi connectivity index (χ4n) is 1.50. The number of hydrogen-bond donors (Lipinski definition) is 1. The van der Waals surface area contributed by atoms with Crippen molar-refractivity contribution in [3.8, 4) is 6.07 Å². The van der Waals surface area contributed by atoms with Gasteiger partial charge < -0.3 is 10.6 Å². The van der Waals surface area contributed by atoms with Crippen LogP contribution in [-0.2, 0) is 4.79 Å².